The highest BCUT2D eigenvalue weighted by atomic mass is 16.2. The zero-order valence-electron chi connectivity index (χ0n) is 13.5. The number of piperazine rings is 1. The van der Waals surface area contributed by atoms with Gasteiger partial charge in [0.2, 0.25) is 11.8 Å². The van der Waals surface area contributed by atoms with Crippen LogP contribution in [0.3, 0.4) is 0 Å². The third kappa shape index (κ3) is 4.47. The average molecular weight is 283 g/mol. The molecule has 1 rings (SSSR count). The van der Waals surface area contributed by atoms with E-state index in [1.54, 1.807) is 4.90 Å². The molecule has 1 aliphatic heterocycles. The molecule has 1 unspecified atom stereocenters. The van der Waals surface area contributed by atoms with Gasteiger partial charge in [0.1, 0.15) is 0 Å². The van der Waals surface area contributed by atoms with E-state index in [9.17, 15) is 9.59 Å². The Morgan fingerprint density at radius 3 is 1.90 bits per heavy atom. The smallest absolute Gasteiger partial charge is 0.240 e. The third-order valence-corrected chi connectivity index (χ3v) is 3.73. The van der Waals surface area contributed by atoms with Crippen molar-refractivity contribution in [3.05, 3.63) is 0 Å². The van der Waals surface area contributed by atoms with Crippen molar-refractivity contribution in [3.8, 4) is 0 Å². The van der Waals surface area contributed by atoms with Crippen LogP contribution in [0.2, 0.25) is 0 Å². The highest BCUT2D eigenvalue weighted by Gasteiger charge is 2.33. The third-order valence-electron chi connectivity index (χ3n) is 3.73. The van der Waals surface area contributed by atoms with Crippen LogP contribution in [0.1, 0.15) is 41.0 Å². The van der Waals surface area contributed by atoms with Gasteiger partial charge >= 0.3 is 0 Å². The van der Waals surface area contributed by atoms with Gasteiger partial charge in [0.15, 0.2) is 0 Å². The van der Waals surface area contributed by atoms with Crippen molar-refractivity contribution in [1.82, 2.24) is 9.80 Å². The lowest BCUT2D eigenvalue weighted by molar-refractivity contribution is -0.142. The Balaban J connectivity index is 2.50. The highest BCUT2D eigenvalue weighted by molar-refractivity contribution is 5.83. The van der Waals surface area contributed by atoms with Crippen LogP contribution in [0.4, 0.5) is 0 Å². The number of hydrogen-bond acceptors (Lipinski definition) is 3. The van der Waals surface area contributed by atoms with E-state index in [1.807, 2.05) is 39.5 Å². The van der Waals surface area contributed by atoms with Crippen LogP contribution < -0.4 is 5.73 Å². The zero-order valence-corrected chi connectivity index (χ0v) is 13.5. The zero-order chi connectivity index (χ0) is 15.5. The van der Waals surface area contributed by atoms with Gasteiger partial charge in [-0.1, -0.05) is 34.6 Å². The minimum atomic E-state index is -0.486. The van der Waals surface area contributed by atoms with Crippen LogP contribution in [0.5, 0.6) is 0 Å². The first-order valence-electron chi connectivity index (χ1n) is 7.45. The molecule has 1 fully saturated rings. The summed E-state index contributed by atoms with van der Waals surface area (Å²) in [7, 11) is 0. The van der Waals surface area contributed by atoms with Crippen molar-refractivity contribution in [2.75, 3.05) is 26.2 Å². The van der Waals surface area contributed by atoms with Gasteiger partial charge in [0.25, 0.3) is 0 Å². The summed E-state index contributed by atoms with van der Waals surface area (Å²) >= 11 is 0. The van der Waals surface area contributed by atoms with Crippen molar-refractivity contribution in [1.29, 1.82) is 0 Å². The minimum Gasteiger partial charge on any atom is -0.339 e. The second-order valence-corrected chi connectivity index (χ2v) is 7.15. The standard InChI is InChI=1S/C15H29N3O2/c1-11(2)10-12(19)17-6-8-18(9-7-17)14(20)13(16)15(3,4)5/h11,13H,6-10,16H2,1-5H3. The fourth-order valence-electron chi connectivity index (χ4n) is 2.22. The van der Waals surface area contributed by atoms with Crippen LogP contribution in [0, 0.1) is 11.3 Å². The molecule has 0 aromatic heterocycles. The molecular formula is C15H29N3O2. The van der Waals surface area contributed by atoms with E-state index in [0.29, 0.717) is 38.5 Å². The second-order valence-electron chi connectivity index (χ2n) is 7.15. The molecule has 1 atom stereocenters. The van der Waals surface area contributed by atoms with E-state index < -0.39 is 6.04 Å². The largest absolute Gasteiger partial charge is 0.339 e. The van der Waals surface area contributed by atoms with Crippen LogP contribution in [-0.2, 0) is 9.59 Å². The summed E-state index contributed by atoms with van der Waals surface area (Å²) in [4.78, 5) is 27.9. The Hall–Kier alpha value is -1.10. The molecule has 0 saturated carbocycles. The Bertz CT molecular complexity index is 353. The summed E-state index contributed by atoms with van der Waals surface area (Å²) in [5, 5.41) is 0. The molecule has 1 heterocycles. The van der Waals surface area contributed by atoms with E-state index in [-0.39, 0.29) is 17.2 Å². The first-order valence-corrected chi connectivity index (χ1v) is 7.45. The van der Waals surface area contributed by atoms with Crippen molar-refractivity contribution >= 4 is 11.8 Å². The van der Waals surface area contributed by atoms with Gasteiger partial charge < -0.3 is 15.5 Å². The second kappa shape index (κ2) is 6.57. The fraction of sp³-hybridized carbons (Fsp3) is 0.867. The van der Waals surface area contributed by atoms with Crippen molar-refractivity contribution in [2.24, 2.45) is 17.1 Å². The maximum absolute atomic E-state index is 12.3. The lowest BCUT2D eigenvalue weighted by atomic mass is 9.86. The number of rotatable bonds is 3. The van der Waals surface area contributed by atoms with Gasteiger partial charge in [-0.05, 0) is 11.3 Å². The number of amides is 2. The van der Waals surface area contributed by atoms with Gasteiger partial charge in [-0.3, -0.25) is 9.59 Å². The molecule has 20 heavy (non-hydrogen) atoms. The van der Waals surface area contributed by atoms with Gasteiger partial charge in [-0.25, -0.2) is 0 Å². The first kappa shape index (κ1) is 17.0. The fourth-order valence-corrected chi connectivity index (χ4v) is 2.22. The van der Waals surface area contributed by atoms with Gasteiger partial charge in [0.05, 0.1) is 6.04 Å². The molecule has 2 amide bonds. The Morgan fingerprint density at radius 1 is 1.05 bits per heavy atom. The summed E-state index contributed by atoms with van der Waals surface area (Å²) in [5.74, 6) is 0.553. The predicted octanol–water partition coefficient (Wildman–Crippen LogP) is 1.08. The molecule has 5 heteroatoms. The van der Waals surface area contributed by atoms with Crippen LogP contribution >= 0.6 is 0 Å². The maximum atomic E-state index is 12.3. The highest BCUT2D eigenvalue weighted by Crippen LogP contribution is 2.20. The van der Waals surface area contributed by atoms with Crippen LogP contribution in [-0.4, -0.2) is 53.8 Å². The SMILES string of the molecule is CC(C)CC(=O)N1CCN(C(=O)C(N)C(C)(C)C)CC1. The predicted molar refractivity (Wildman–Crippen MR) is 80.0 cm³/mol. The minimum absolute atomic E-state index is 0.00606. The normalized spacial score (nSPS) is 18.4. The lowest BCUT2D eigenvalue weighted by Gasteiger charge is -2.38. The molecule has 0 aromatic rings. The molecule has 116 valence electrons. The maximum Gasteiger partial charge on any atom is 0.240 e. The Morgan fingerprint density at radius 2 is 1.50 bits per heavy atom. The number of hydrogen-bond donors (Lipinski definition) is 1. The molecule has 0 radical (unpaired) electrons. The van der Waals surface area contributed by atoms with E-state index in [2.05, 4.69) is 0 Å². The number of carbonyl (C=O) groups is 2. The lowest BCUT2D eigenvalue weighted by Crippen LogP contribution is -2.57. The molecule has 2 N–H and O–H groups in total. The van der Waals surface area contributed by atoms with Gasteiger partial charge in [-0.2, -0.15) is 0 Å². The number of nitrogens with zero attached hydrogens (tertiary/aromatic N) is 2. The van der Waals surface area contributed by atoms with Crippen LogP contribution in [0.25, 0.3) is 0 Å². The van der Waals surface area contributed by atoms with Gasteiger partial charge in [0, 0.05) is 32.6 Å². The van der Waals surface area contributed by atoms with E-state index in [1.165, 1.54) is 0 Å². The van der Waals surface area contributed by atoms with Crippen molar-refractivity contribution < 1.29 is 9.59 Å². The first-order chi connectivity index (χ1) is 9.12. The quantitative estimate of drug-likeness (QED) is 0.842. The number of nitrogens with two attached hydrogens (primary N) is 1. The van der Waals surface area contributed by atoms with Crippen LogP contribution in [0.15, 0.2) is 0 Å². The topological polar surface area (TPSA) is 66.6 Å². The molecule has 0 spiro atoms. The average Bonchev–Trinajstić information content (AvgIpc) is 2.35. The summed E-state index contributed by atoms with van der Waals surface area (Å²) in [6.45, 7) is 12.4. The Kier molecular flexibility index (Phi) is 5.57. The summed E-state index contributed by atoms with van der Waals surface area (Å²) in [6.07, 6.45) is 0.579. The molecular weight excluding hydrogens is 254 g/mol. The van der Waals surface area contributed by atoms with Gasteiger partial charge in [-0.15, -0.1) is 0 Å². The van der Waals surface area contributed by atoms with E-state index in [4.69, 9.17) is 5.73 Å². The number of carbonyl (C=O) groups excluding carboxylic acids is 2. The molecule has 1 aliphatic rings. The molecule has 0 aromatic carbocycles. The van der Waals surface area contributed by atoms with E-state index >= 15 is 0 Å². The van der Waals surface area contributed by atoms with Crippen molar-refractivity contribution in [3.63, 3.8) is 0 Å². The summed E-state index contributed by atoms with van der Waals surface area (Å²) < 4.78 is 0. The molecule has 0 bridgehead atoms. The Labute approximate surface area is 122 Å². The molecule has 0 aliphatic carbocycles. The molecule has 5 nitrogen and oxygen atoms in total. The summed E-state index contributed by atoms with van der Waals surface area (Å²) in [5.41, 5.74) is 5.78. The summed E-state index contributed by atoms with van der Waals surface area (Å²) in [6, 6.07) is -0.486. The monoisotopic (exact) mass is 283 g/mol. The molecule has 1 saturated heterocycles. The van der Waals surface area contributed by atoms with Crippen molar-refractivity contribution in [2.45, 2.75) is 47.1 Å². The van der Waals surface area contributed by atoms with E-state index in [0.717, 1.165) is 0 Å².